The van der Waals surface area contributed by atoms with Gasteiger partial charge in [-0.3, -0.25) is 4.79 Å². The number of hydrazone groups is 1. The van der Waals surface area contributed by atoms with E-state index in [1.54, 1.807) is 0 Å². The number of nitrogens with zero attached hydrogens (tertiary/aromatic N) is 1. The van der Waals surface area contributed by atoms with Crippen molar-refractivity contribution in [2.24, 2.45) is 5.10 Å². The summed E-state index contributed by atoms with van der Waals surface area (Å²) < 4.78 is 13.2. The van der Waals surface area contributed by atoms with E-state index in [0.29, 0.717) is 5.71 Å². The lowest BCUT2D eigenvalue weighted by molar-refractivity contribution is 0.0954. The first-order valence-corrected chi connectivity index (χ1v) is 7.89. The molecule has 3 aromatic carbocycles. The Morgan fingerprint density at radius 1 is 0.840 bits per heavy atom. The lowest BCUT2D eigenvalue weighted by Gasteiger charge is -2.05. The normalized spacial score (nSPS) is 11.2. The Morgan fingerprint density at radius 3 is 2.20 bits per heavy atom. The minimum atomic E-state index is -0.454. The van der Waals surface area contributed by atoms with Gasteiger partial charge in [0.25, 0.3) is 5.91 Å². The molecule has 1 amide bonds. The molecule has 0 fully saturated rings. The van der Waals surface area contributed by atoms with Crippen LogP contribution in [0.5, 0.6) is 0 Å². The summed E-state index contributed by atoms with van der Waals surface area (Å²) in [5.41, 5.74) is 6.51. The molecular weight excluding hydrogens is 315 g/mol. The second-order valence-corrected chi connectivity index (χ2v) is 5.59. The van der Waals surface area contributed by atoms with Crippen molar-refractivity contribution in [3.05, 3.63) is 95.8 Å². The van der Waals surface area contributed by atoms with Crippen molar-refractivity contribution in [1.82, 2.24) is 5.43 Å². The predicted octanol–water partition coefficient (Wildman–Crippen LogP) is 4.65. The zero-order valence-electron chi connectivity index (χ0n) is 13.7. The lowest BCUT2D eigenvalue weighted by atomic mass is 10.0. The molecule has 0 aliphatic carbocycles. The Bertz CT molecular complexity index is 903. The van der Waals surface area contributed by atoms with E-state index in [1.807, 2.05) is 49.4 Å². The summed E-state index contributed by atoms with van der Waals surface area (Å²) >= 11 is 0. The Morgan fingerprint density at radius 2 is 1.52 bits per heavy atom. The molecule has 3 aromatic rings. The Hall–Kier alpha value is -3.27. The van der Waals surface area contributed by atoms with Gasteiger partial charge in [0.15, 0.2) is 0 Å². The van der Waals surface area contributed by atoms with E-state index < -0.39 is 11.7 Å². The Balaban J connectivity index is 1.71. The number of benzene rings is 3. The van der Waals surface area contributed by atoms with Crippen molar-refractivity contribution in [2.45, 2.75) is 6.92 Å². The van der Waals surface area contributed by atoms with Crippen molar-refractivity contribution >= 4 is 11.6 Å². The molecular formula is C21H17FN2O. The molecule has 25 heavy (non-hydrogen) atoms. The zero-order chi connectivity index (χ0) is 17.6. The van der Waals surface area contributed by atoms with Gasteiger partial charge >= 0.3 is 0 Å². The van der Waals surface area contributed by atoms with Crippen LogP contribution in [0.1, 0.15) is 22.8 Å². The number of carbonyl (C=O) groups is 1. The fourth-order valence-corrected chi connectivity index (χ4v) is 2.43. The summed E-state index contributed by atoms with van der Waals surface area (Å²) in [6.45, 7) is 1.81. The number of nitrogens with one attached hydrogen (secondary N) is 1. The molecule has 0 aromatic heterocycles. The van der Waals surface area contributed by atoms with Crippen molar-refractivity contribution in [2.75, 3.05) is 0 Å². The molecule has 1 N–H and O–H groups in total. The fraction of sp³-hybridized carbons (Fsp3) is 0.0476. The van der Waals surface area contributed by atoms with Crippen LogP contribution in [-0.2, 0) is 0 Å². The maximum atomic E-state index is 13.2. The fourth-order valence-electron chi connectivity index (χ4n) is 2.43. The minimum Gasteiger partial charge on any atom is -0.267 e. The summed E-state index contributed by atoms with van der Waals surface area (Å²) in [7, 11) is 0. The van der Waals surface area contributed by atoms with Gasteiger partial charge in [-0.25, -0.2) is 9.82 Å². The predicted molar refractivity (Wildman–Crippen MR) is 98.0 cm³/mol. The SMILES string of the molecule is C/C(=N\NC(=O)c1cccc(F)c1)c1ccc(-c2ccccc2)cc1. The number of hydrogen-bond acceptors (Lipinski definition) is 2. The molecule has 0 atom stereocenters. The van der Waals surface area contributed by atoms with Crippen molar-refractivity contribution in [1.29, 1.82) is 0 Å². The highest BCUT2D eigenvalue weighted by molar-refractivity contribution is 6.01. The standard InChI is InChI=1S/C21H17FN2O/c1-15(23-24-21(25)19-8-5-9-20(22)14-19)16-10-12-18(13-11-16)17-6-3-2-4-7-17/h2-14H,1H3,(H,24,25)/b23-15+. The molecule has 0 bridgehead atoms. The van der Waals surface area contributed by atoms with E-state index >= 15 is 0 Å². The topological polar surface area (TPSA) is 41.5 Å². The Kier molecular flexibility index (Phi) is 5.00. The van der Waals surface area contributed by atoms with Gasteiger partial charge in [-0.15, -0.1) is 0 Å². The van der Waals surface area contributed by atoms with E-state index in [4.69, 9.17) is 0 Å². The van der Waals surface area contributed by atoms with Crippen LogP contribution in [0.2, 0.25) is 0 Å². The first-order valence-electron chi connectivity index (χ1n) is 7.89. The average Bonchev–Trinajstić information content (AvgIpc) is 2.66. The summed E-state index contributed by atoms with van der Waals surface area (Å²) in [5.74, 6) is -0.899. The van der Waals surface area contributed by atoms with Gasteiger partial charge in [0.1, 0.15) is 5.82 Å². The molecule has 0 spiro atoms. The van der Waals surface area contributed by atoms with Crippen LogP contribution >= 0.6 is 0 Å². The van der Waals surface area contributed by atoms with E-state index in [0.717, 1.165) is 16.7 Å². The molecule has 3 nitrogen and oxygen atoms in total. The second kappa shape index (κ2) is 7.53. The van der Waals surface area contributed by atoms with Crippen LogP contribution < -0.4 is 5.43 Å². The first kappa shape index (κ1) is 16.6. The quantitative estimate of drug-likeness (QED) is 0.548. The number of rotatable bonds is 4. The number of carbonyl (C=O) groups excluding carboxylic acids is 1. The van der Waals surface area contributed by atoms with Crippen molar-refractivity contribution in [3.63, 3.8) is 0 Å². The smallest absolute Gasteiger partial charge is 0.267 e. The maximum Gasteiger partial charge on any atom is 0.271 e. The molecule has 0 saturated carbocycles. The van der Waals surface area contributed by atoms with Gasteiger partial charge in [0.2, 0.25) is 0 Å². The van der Waals surface area contributed by atoms with Crippen molar-refractivity contribution < 1.29 is 9.18 Å². The third-order valence-corrected chi connectivity index (χ3v) is 3.82. The van der Waals surface area contributed by atoms with E-state index in [1.165, 1.54) is 24.3 Å². The lowest BCUT2D eigenvalue weighted by Crippen LogP contribution is -2.19. The largest absolute Gasteiger partial charge is 0.271 e. The highest BCUT2D eigenvalue weighted by atomic mass is 19.1. The zero-order valence-corrected chi connectivity index (χ0v) is 13.7. The second-order valence-electron chi connectivity index (χ2n) is 5.59. The highest BCUT2D eigenvalue weighted by Crippen LogP contribution is 2.19. The summed E-state index contributed by atoms with van der Waals surface area (Å²) in [4.78, 5) is 12.0. The first-order chi connectivity index (χ1) is 12.1. The van der Waals surface area contributed by atoms with Crippen LogP contribution in [0, 0.1) is 5.82 Å². The van der Waals surface area contributed by atoms with Gasteiger partial charge < -0.3 is 0 Å². The van der Waals surface area contributed by atoms with Crippen LogP contribution in [0.15, 0.2) is 84.0 Å². The highest BCUT2D eigenvalue weighted by Gasteiger charge is 2.06. The molecule has 0 radical (unpaired) electrons. The number of halogens is 1. The number of amides is 1. The number of hydrogen-bond donors (Lipinski definition) is 1. The third-order valence-electron chi connectivity index (χ3n) is 3.82. The van der Waals surface area contributed by atoms with Gasteiger partial charge in [-0.2, -0.15) is 5.10 Å². The third kappa shape index (κ3) is 4.18. The van der Waals surface area contributed by atoms with E-state index in [-0.39, 0.29) is 5.56 Å². The average molecular weight is 332 g/mol. The van der Waals surface area contributed by atoms with Gasteiger partial charge in [0, 0.05) is 5.56 Å². The molecule has 0 heterocycles. The maximum absolute atomic E-state index is 13.2. The Labute approximate surface area is 145 Å². The summed E-state index contributed by atoms with van der Waals surface area (Å²) in [5, 5.41) is 4.10. The molecule has 4 heteroatoms. The summed E-state index contributed by atoms with van der Waals surface area (Å²) in [6.07, 6.45) is 0. The van der Waals surface area contributed by atoms with Crippen LogP contribution in [-0.4, -0.2) is 11.6 Å². The van der Waals surface area contributed by atoms with Gasteiger partial charge in [0.05, 0.1) is 5.71 Å². The molecule has 0 saturated heterocycles. The molecule has 3 rings (SSSR count). The molecule has 124 valence electrons. The van der Waals surface area contributed by atoms with Gasteiger partial charge in [-0.05, 0) is 41.8 Å². The van der Waals surface area contributed by atoms with Crippen LogP contribution in [0.4, 0.5) is 4.39 Å². The van der Waals surface area contributed by atoms with Gasteiger partial charge in [-0.1, -0.05) is 60.7 Å². The molecule has 0 aliphatic rings. The molecule has 0 unspecified atom stereocenters. The summed E-state index contributed by atoms with van der Waals surface area (Å²) in [6, 6.07) is 23.5. The van der Waals surface area contributed by atoms with E-state index in [9.17, 15) is 9.18 Å². The molecule has 0 aliphatic heterocycles. The van der Waals surface area contributed by atoms with Crippen LogP contribution in [0.25, 0.3) is 11.1 Å². The monoisotopic (exact) mass is 332 g/mol. The minimum absolute atomic E-state index is 0.232. The van der Waals surface area contributed by atoms with Crippen molar-refractivity contribution in [3.8, 4) is 11.1 Å². The van der Waals surface area contributed by atoms with Crippen LogP contribution in [0.3, 0.4) is 0 Å². The van der Waals surface area contributed by atoms with E-state index in [2.05, 4.69) is 22.7 Å².